The Morgan fingerprint density at radius 1 is 0.966 bits per heavy atom. The predicted octanol–water partition coefficient (Wildman–Crippen LogP) is 3.66. The molecule has 4 rings (SSSR count). The van der Waals surface area contributed by atoms with Crippen molar-refractivity contribution in [1.29, 1.82) is 0 Å². The first-order valence-corrected chi connectivity index (χ1v) is 9.57. The highest BCUT2D eigenvalue weighted by Gasteiger charge is 2.21. The van der Waals surface area contributed by atoms with E-state index in [-0.39, 0.29) is 5.91 Å². The number of hydrogen-bond donors (Lipinski definition) is 1. The van der Waals surface area contributed by atoms with Crippen LogP contribution >= 0.6 is 0 Å². The lowest BCUT2D eigenvalue weighted by molar-refractivity contribution is 0.0945. The van der Waals surface area contributed by atoms with Gasteiger partial charge in [0.2, 0.25) is 0 Å². The van der Waals surface area contributed by atoms with E-state index in [9.17, 15) is 4.79 Å². The SMILES string of the molecule is Cc1ccc(Cn2nnc(C(=O)NCc3ccccc3C)c2-n2cccc2)cc1. The van der Waals surface area contributed by atoms with Gasteiger partial charge in [-0.2, -0.15) is 0 Å². The van der Waals surface area contributed by atoms with Gasteiger partial charge in [0.25, 0.3) is 5.91 Å². The van der Waals surface area contributed by atoms with E-state index in [1.165, 1.54) is 5.56 Å². The number of hydrogen-bond acceptors (Lipinski definition) is 3. The molecule has 146 valence electrons. The fraction of sp³-hybridized carbons (Fsp3) is 0.174. The highest BCUT2D eigenvalue weighted by atomic mass is 16.2. The first kappa shape index (κ1) is 18.7. The molecule has 0 unspecified atom stereocenters. The zero-order valence-corrected chi connectivity index (χ0v) is 16.5. The molecule has 6 nitrogen and oxygen atoms in total. The molecule has 0 aliphatic carbocycles. The van der Waals surface area contributed by atoms with Crippen LogP contribution in [0.4, 0.5) is 0 Å². The number of aryl methyl sites for hydroxylation is 2. The lowest BCUT2D eigenvalue weighted by Gasteiger charge is -2.10. The van der Waals surface area contributed by atoms with E-state index in [4.69, 9.17) is 0 Å². The molecule has 2 aromatic carbocycles. The molecule has 2 aromatic heterocycles. The van der Waals surface area contributed by atoms with Crippen LogP contribution in [0.15, 0.2) is 73.1 Å². The van der Waals surface area contributed by atoms with Gasteiger partial charge in [-0.3, -0.25) is 4.79 Å². The molecule has 0 aliphatic rings. The van der Waals surface area contributed by atoms with Crippen LogP contribution in [0, 0.1) is 13.8 Å². The second-order valence-corrected chi connectivity index (χ2v) is 7.10. The molecule has 29 heavy (non-hydrogen) atoms. The van der Waals surface area contributed by atoms with E-state index in [0.717, 1.165) is 16.7 Å². The second kappa shape index (κ2) is 8.14. The normalized spacial score (nSPS) is 10.8. The molecule has 0 saturated carbocycles. The molecular formula is C23H23N5O. The van der Waals surface area contributed by atoms with Gasteiger partial charge in [-0.1, -0.05) is 59.3 Å². The van der Waals surface area contributed by atoms with Crippen molar-refractivity contribution in [1.82, 2.24) is 24.9 Å². The molecular weight excluding hydrogens is 362 g/mol. The molecule has 1 amide bonds. The Balaban J connectivity index is 1.61. The summed E-state index contributed by atoms with van der Waals surface area (Å²) >= 11 is 0. The monoisotopic (exact) mass is 385 g/mol. The van der Waals surface area contributed by atoms with Crippen molar-refractivity contribution in [2.45, 2.75) is 26.9 Å². The Kier molecular flexibility index (Phi) is 5.24. The van der Waals surface area contributed by atoms with Gasteiger partial charge in [-0.05, 0) is 42.7 Å². The molecule has 0 fully saturated rings. The molecule has 2 heterocycles. The van der Waals surface area contributed by atoms with E-state index < -0.39 is 0 Å². The Hall–Kier alpha value is -3.67. The van der Waals surface area contributed by atoms with Crippen molar-refractivity contribution in [3.05, 3.63) is 101 Å². The molecule has 4 aromatic rings. The summed E-state index contributed by atoms with van der Waals surface area (Å²) in [4.78, 5) is 12.9. The molecule has 0 atom stereocenters. The largest absolute Gasteiger partial charge is 0.346 e. The zero-order valence-electron chi connectivity index (χ0n) is 16.5. The van der Waals surface area contributed by atoms with Crippen molar-refractivity contribution in [3.8, 4) is 5.82 Å². The average Bonchev–Trinajstić information content (AvgIpc) is 3.38. The maximum absolute atomic E-state index is 12.9. The molecule has 6 heteroatoms. The lowest BCUT2D eigenvalue weighted by atomic mass is 10.1. The Morgan fingerprint density at radius 2 is 1.69 bits per heavy atom. The molecule has 0 spiro atoms. The topological polar surface area (TPSA) is 64.7 Å². The fourth-order valence-corrected chi connectivity index (χ4v) is 3.23. The maximum atomic E-state index is 12.9. The number of carbonyl (C=O) groups is 1. The van der Waals surface area contributed by atoms with E-state index >= 15 is 0 Å². The molecule has 1 N–H and O–H groups in total. The standard InChI is InChI=1S/C23H23N5O/c1-17-9-11-19(12-10-17)16-28-23(27-13-5-6-14-27)21(25-26-28)22(29)24-15-20-8-4-3-7-18(20)2/h3-14H,15-16H2,1-2H3,(H,24,29). The number of rotatable bonds is 6. The van der Waals surface area contributed by atoms with Gasteiger partial charge in [-0.15, -0.1) is 5.10 Å². The van der Waals surface area contributed by atoms with Crippen LogP contribution in [0.3, 0.4) is 0 Å². The summed E-state index contributed by atoms with van der Waals surface area (Å²) in [5.41, 5.74) is 4.83. The van der Waals surface area contributed by atoms with Gasteiger partial charge >= 0.3 is 0 Å². The van der Waals surface area contributed by atoms with Gasteiger partial charge in [0.15, 0.2) is 11.5 Å². The van der Waals surface area contributed by atoms with Crippen LogP contribution in [0.5, 0.6) is 0 Å². The van der Waals surface area contributed by atoms with Crippen LogP contribution in [-0.4, -0.2) is 25.5 Å². The van der Waals surface area contributed by atoms with Crippen LogP contribution in [-0.2, 0) is 13.1 Å². The highest BCUT2D eigenvalue weighted by Crippen LogP contribution is 2.16. The van der Waals surface area contributed by atoms with E-state index in [1.807, 2.05) is 60.3 Å². The molecule has 0 aliphatic heterocycles. The van der Waals surface area contributed by atoms with Crippen molar-refractivity contribution < 1.29 is 4.79 Å². The minimum absolute atomic E-state index is 0.243. The first-order chi connectivity index (χ1) is 14.1. The number of carbonyl (C=O) groups excluding carboxylic acids is 1. The predicted molar refractivity (Wildman–Crippen MR) is 112 cm³/mol. The highest BCUT2D eigenvalue weighted by molar-refractivity contribution is 5.95. The summed E-state index contributed by atoms with van der Waals surface area (Å²) in [6.45, 7) is 5.07. The number of nitrogens with one attached hydrogen (secondary N) is 1. The van der Waals surface area contributed by atoms with Crippen molar-refractivity contribution in [3.63, 3.8) is 0 Å². The summed E-state index contributed by atoms with van der Waals surface area (Å²) in [5, 5.41) is 11.4. The van der Waals surface area contributed by atoms with Crippen LogP contribution in [0.25, 0.3) is 5.82 Å². The van der Waals surface area contributed by atoms with E-state index in [2.05, 4.69) is 46.8 Å². The first-order valence-electron chi connectivity index (χ1n) is 9.57. The number of benzene rings is 2. The van der Waals surface area contributed by atoms with Crippen molar-refractivity contribution >= 4 is 5.91 Å². The Bertz CT molecular complexity index is 1110. The quantitative estimate of drug-likeness (QED) is 0.551. The van der Waals surface area contributed by atoms with Gasteiger partial charge < -0.3 is 9.88 Å². The fourth-order valence-electron chi connectivity index (χ4n) is 3.23. The van der Waals surface area contributed by atoms with Gasteiger partial charge in [0.1, 0.15) is 0 Å². The third kappa shape index (κ3) is 4.11. The molecule has 0 radical (unpaired) electrons. The third-order valence-electron chi connectivity index (χ3n) is 4.93. The maximum Gasteiger partial charge on any atom is 0.276 e. The lowest BCUT2D eigenvalue weighted by Crippen LogP contribution is -2.25. The van der Waals surface area contributed by atoms with Gasteiger partial charge in [-0.25, -0.2) is 4.68 Å². The third-order valence-corrected chi connectivity index (χ3v) is 4.93. The second-order valence-electron chi connectivity index (χ2n) is 7.10. The minimum atomic E-state index is -0.243. The Morgan fingerprint density at radius 3 is 2.41 bits per heavy atom. The van der Waals surface area contributed by atoms with Crippen LogP contribution in [0.2, 0.25) is 0 Å². The van der Waals surface area contributed by atoms with E-state index in [1.54, 1.807) is 4.68 Å². The molecule has 0 bridgehead atoms. The summed E-state index contributed by atoms with van der Waals surface area (Å²) in [6, 6.07) is 20.1. The van der Waals surface area contributed by atoms with E-state index in [0.29, 0.717) is 24.6 Å². The number of amides is 1. The van der Waals surface area contributed by atoms with Crippen LogP contribution < -0.4 is 5.32 Å². The smallest absolute Gasteiger partial charge is 0.276 e. The summed E-state index contributed by atoms with van der Waals surface area (Å²) in [5.74, 6) is 0.407. The van der Waals surface area contributed by atoms with Gasteiger partial charge in [0, 0.05) is 18.9 Å². The summed E-state index contributed by atoms with van der Waals surface area (Å²) in [6.07, 6.45) is 3.78. The minimum Gasteiger partial charge on any atom is -0.346 e. The van der Waals surface area contributed by atoms with Gasteiger partial charge in [0.05, 0.1) is 6.54 Å². The van der Waals surface area contributed by atoms with Crippen molar-refractivity contribution in [2.75, 3.05) is 0 Å². The Labute approximate surface area is 169 Å². The number of nitrogens with zero attached hydrogens (tertiary/aromatic N) is 4. The molecule has 0 saturated heterocycles. The summed E-state index contributed by atoms with van der Waals surface area (Å²) in [7, 11) is 0. The zero-order chi connectivity index (χ0) is 20.2. The average molecular weight is 385 g/mol. The van der Waals surface area contributed by atoms with Crippen LogP contribution in [0.1, 0.15) is 32.7 Å². The van der Waals surface area contributed by atoms with Crippen molar-refractivity contribution in [2.24, 2.45) is 0 Å². The summed E-state index contributed by atoms with van der Waals surface area (Å²) < 4.78 is 3.63. The number of aromatic nitrogens is 4.